The fourth-order valence-corrected chi connectivity index (χ4v) is 1.48. The predicted molar refractivity (Wildman–Crippen MR) is 68.6 cm³/mol. The second-order valence-electron chi connectivity index (χ2n) is 4.06. The van der Waals surface area contributed by atoms with Crippen LogP contribution in [0.25, 0.3) is 0 Å². The highest BCUT2D eigenvalue weighted by Gasteiger charge is 2.04. The predicted octanol–water partition coefficient (Wildman–Crippen LogP) is 1.97. The number of hydrogen-bond acceptors (Lipinski definition) is 3. The Balaban J connectivity index is 2.47. The van der Waals surface area contributed by atoms with Crippen LogP contribution in [0.3, 0.4) is 0 Å². The van der Waals surface area contributed by atoms with E-state index in [1.165, 1.54) is 0 Å². The standard InChI is InChI=1S/C13H20N2O2/c1-10(7-8-16-2)17-12-5-3-11(4-6-12)9-13(14)15/h3-6,10H,7-9H2,1-2H3,(H3,14,15). The van der Waals surface area contributed by atoms with Crippen molar-refractivity contribution in [2.24, 2.45) is 5.73 Å². The van der Waals surface area contributed by atoms with E-state index in [0.717, 1.165) is 17.7 Å². The first kappa shape index (κ1) is 13.5. The second-order valence-corrected chi connectivity index (χ2v) is 4.06. The summed E-state index contributed by atoms with van der Waals surface area (Å²) in [4.78, 5) is 0. The number of benzene rings is 1. The molecule has 0 aliphatic rings. The zero-order valence-corrected chi connectivity index (χ0v) is 10.4. The molecule has 0 heterocycles. The minimum Gasteiger partial charge on any atom is -0.491 e. The summed E-state index contributed by atoms with van der Waals surface area (Å²) in [5.41, 5.74) is 6.36. The highest BCUT2D eigenvalue weighted by Crippen LogP contribution is 2.15. The lowest BCUT2D eigenvalue weighted by Gasteiger charge is -2.14. The first-order chi connectivity index (χ1) is 8.11. The van der Waals surface area contributed by atoms with Crippen LogP contribution in [0, 0.1) is 5.41 Å². The van der Waals surface area contributed by atoms with Crippen molar-refractivity contribution < 1.29 is 9.47 Å². The molecule has 0 spiro atoms. The molecule has 0 saturated carbocycles. The number of nitrogens with one attached hydrogen (secondary N) is 1. The van der Waals surface area contributed by atoms with E-state index in [2.05, 4.69) is 0 Å². The van der Waals surface area contributed by atoms with Crippen LogP contribution in [-0.2, 0) is 11.2 Å². The highest BCUT2D eigenvalue weighted by atomic mass is 16.5. The van der Waals surface area contributed by atoms with Gasteiger partial charge in [-0.3, -0.25) is 5.41 Å². The van der Waals surface area contributed by atoms with Gasteiger partial charge in [0.05, 0.1) is 11.9 Å². The van der Waals surface area contributed by atoms with Crippen molar-refractivity contribution in [2.75, 3.05) is 13.7 Å². The number of rotatable bonds is 7. The summed E-state index contributed by atoms with van der Waals surface area (Å²) in [5.74, 6) is 1.01. The third kappa shape index (κ3) is 5.36. The monoisotopic (exact) mass is 236 g/mol. The molecule has 1 atom stereocenters. The molecule has 0 aliphatic carbocycles. The Labute approximate surface area is 102 Å². The van der Waals surface area contributed by atoms with Gasteiger partial charge < -0.3 is 15.2 Å². The van der Waals surface area contributed by atoms with E-state index >= 15 is 0 Å². The average Bonchev–Trinajstić information content (AvgIpc) is 2.28. The van der Waals surface area contributed by atoms with E-state index in [4.69, 9.17) is 20.6 Å². The first-order valence-electron chi connectivity index (χ1n) is 5.69. The molecule has 0 aromatic heterocycles. The van der Waals surface area contributed by atoms with Gasteiger partial charge in [-0.15, -0.1) is 0 Å². The minimum absolute atomic E-state index is 0.133. The summed E-state index contributed by atoms with van der Waals surface area (Å²) < 4.78 is 10.7. The largest absolute Gasteiger partial charge is 0.491 e. The quantitative estimate of drug-likeness (QED) is 0.561. The van der Waals surface area contributed by atoms with E-state index in [9.17, 15) is 0 Å². The van der Waals surface area contributed by atoms with E-state index in [-0.39, 0.29) is 11.9 Å². The summed E-state index contributed by atoms with van der Waals surface area (Å²) in [7, 11) is 1.68. The molecule has 1 rings (SSSR count). The minimum atomic E-state index is 0.133. The molecule has 0 saturated heterocycles. The Bertz CT molecular complexity index is 349. The van der Waals surface area contributed by atoms with E-state index in [1.807, 2.05) is 31.2 Å². The van der Waals surface area contributed by atoms with Crippen molar-refractivity contribution in [1.29, 1.82) is 5.41 Å². The van der Waals surface area contributed by atoms with E-state index in [1.54, 1.807) is 7.11 Å². The molecule has 94 valence electrons. The summed E-state index contributed by atoms with van der Waals surface area (Å²) in [6.45, 7) is 2.71. The summed E-state index contributed by atoms with van der Waals surface area (Å²) in [5, 5.41) is 7.21. The van der Waals surface area contributed by atoms with Crippen LogP contribution in [0.5, 0.6) is 5.75 Å². The normalized spacial score (nSPS) is 12.1. The van der Waals surface area contributed by atoms with Gasteiger partial charge in [0.25, 0.3) is 0 Å². The molecule has 1 unspecified atom stereocenters. The van der Waals surface area contributed by atoms with E-state index in [0.29, 0.717) is 13.0 Å². The molecule has 3 N–H and O–H groups in total. The lowest BCUT2D eigenvalue weighted by atomic mass is 10.1. The lowest BCUT2D eigenvalue weighted by Crippen LogP contribution is -2.14. The molecule has 0 aliphatic heterocycles. The summed E-state index contributed by atoms with van der Waals surface area (Å²) in [6.07, 6.45) is 1.49. The number of nitrogens with two attached hydrogens (primary N) is 1. The molecule has 17 heavy (non-hydrogen) atoms. The molecular weight excluding hydrogens is 216 g/mol. The molecule has 0 radical (unpaired) electrons. The first-order valence-corrected chi connectivity index (χ1v) is 5.69. The van der Waals surface area contributed by atoms with Gasteiger partial charge in [-0.05, 0) is 24.6 Å². The van der Waals surface area contributed by atoms with Crippen molar-refractivity contribution >= 4 is 5.84 Å². The van der Waals surface area contributed by atoms with Crippen LogP contribution in [0.2, 0.25) is 0 Å². The zero-order chi connectivity index (χ0) is 12.7. The molecule has 0 amide bonds. The average molecular weight is 236 g/mol. The second kappa shape index (κ2) is 6.91. The van der Waals surface area contributed by atoms with Gasteiger partial charge >= 0.3 is 0 Å². The van der Waals surface area contributed by atoms with Crippen LogP contribution in [0.1, 0.15) is 18.9 Å². The molecule has 4 nitrogen and oxygen atoms in total. The Morgan fingerprint density at radius 2 is 2.00 bits per heavy atom. The molecule has 4 heteroatoms. The Morgan fingerprint density at radius 3 is 2.53 bits per heavy atom. The van der Waals surface area contributed by atoms with Crippen molar-refractivity contribution in [3.05, 3.63) is 29.8 Å². The maximum absolute atomic E-state index is 7.21. The molecular formula is C13H20N2O2. The molecule has 1 aromatic rings. The summed E-state index contributed by atoms with van der Waals surface area (Å²) in [6, 6.07) is 7.67. The fourth-order valence-electron chi connectivity index (χ4n) is 1.48. The van der Waals surface area contributed by atoms with Crippen LogP contribution in [0.4, 0.5) is 0 Å². The van der Waals surface area contributed by atoms with Crippen molar-refractivity contribution in [1.82, 2.24) is 0 Å². The van der Waals surface area contributed by atoms with Crippen molar-refractivity contribution in [3.8, 4) is 5.75 Å². The van der Waals surface area contributed by atoms with Crippen LogP contribution >= 0.6 is 0 Å². The van der Waals surface area contributed by atoms with Gasteiger partial charge in [0, 0.05) is 26.6 Å². The SMILES string of the molecule is COCCC(C)Oc1ccc(CC(=N)N)cc1. The Morgan fingerprint density at radius 1 is 1.35 bits per heavy atom. The van der Waals surface area contributed by atoms with Gasteiger partial charge in [-0.1, -0.05) is 12.1 Å². The third-order valence-electron chi connectivity index (χ3n) is 2.38. The van der Waals surface area contributed by atoms with Gasteiger partial charge in [0.1, 0.15) is 5.75 Å². The van der Waals surface area contributed by atoms with Crippen LogP contribution in [0.15, 0.2) is 24.3 Å². The lowest BCUT2D eigenvalue weighted by molar-refractivity contribution is 0.135. The van der Waals surface area contributed by atoms with Crippen LogP contribution < -0.4 is 10.5 Å². The number of hydrogen-bond donors (Lipinski definition) is 2. The zero-order valence-electron chi connectivity index (χ0n) is 10.4. The van der Waals surface area contributed by atoms with Gasteiger partial charge in [-0.25, -0.2) is 0 Å². The number of amidine groups is 1. The van der Waals surface area contributed by atoms with Gasteiger partial charge in [-0.2, -0.15) is 0 Å². The van der Waals surface area contributed by atoms with Gasteiger partial charge in [0.2, 0.25) is 0 Å². The number of methoxy groups -OCH3 is 1. The maximum atomic E-state index is 7.21. The van der Waals surface area contributed by atoms with Crippen LogP contribution in [-0.4, -0.2) is 25.7 Å². The smallest absolute Gasteiger partial charge is 0.119 e. The molecule has 0 fully saturated rings. The van der Waals surface area contributed by atoms with E-state index < -0.39 is 0 Å². The Hall–Kier alpha value is -1.55. The fraction of sp³-hybridized carbons (Fsp3) is 0.462. The molecule has 0 bridgehead atoms. The third-order valence-corrected chi connectivity index (χ3v) is 2.38. The Kier molecular flexibility index (Phi) is 5.49. The van der Waals surface area contributed by atoms with Gasteiger partial charge in [0.15, 0.2) is 0 Å². The van der Waals surface area contributed by atoms with Crippen molar-refractivity contribution in [2.45, 2.75) is 25.9 Å². The summed E-state index contributed by atoms with van der Waals surface area (Å²) >= 11 is 0. The maximum Gasteiger partial charge on any atom is 0.119 e. The van der Waals surface area contributed by atoms with Crippen molar-refractivity contribution in [3.63, 3.8) is 0 Å². The molecule has 1 aromatic carbocycles. The topological polar surface area (TPSA) is 68.3 Å². The number of ether oxygens (including phenoxy) is 2. The highest BCUT2D eigenvalue weighted by molar-refractivity contribution is 5.79.